The molecule has 13 atom stereocenters. The molecule has 0 bridgehead atoms. The Morgan fingerprint density at radius 3 is 1.54 bits per heavy atom. The molecule has 14 nitrogen and oxygen atoms in total. The molecular weight excluding hydrogens is 728 g/mol. The van der Waals surface area contributed by atoms with Crippen LogP contribution < -0.4 is 0 Å². The highest BCUT2D eigenvalue weighted by molar-refractivity contribution is 5.88. The number of carbonyl (C=O) groups excluding carboxylic acids is 5. The van der Waals surface area contributed by atoms with Crippen molar-refractivity contribution in [1.29, 1.82) is 0 Å². The van der Waals surface area contributed by atoms with E-state index < -0.39 is 48.6 Å². The van der Waals surface area contributed by atoms with E-state index in [1.807, 2.05) is 0 Å². The molecule has 14 heteroatoms. The van der Waals surface area contributed by atoms with Crippen molar-refractivity contribution in [2.24, 2.45) is 29.6 Å². The van der Waals surface area contributed by atoms with Crippen LogP contribution in [0.15, 0.2) is 0 Å². The first-order chi connectivity index (χ1) is 27.2. The number of fused-ring (bicyclic) bond motifs is 3. The predicted molar refractivity (Wildman–Crippen MR) is 196 cm³/mol. The lowest BCUT2D eigenvalue weighted by Crippen LogP contribution is -2.37. The molecule has 3 saturated carbocycles. The second-order valence-electron chi connectivity index (χ2n) is 17.3. The molecule has 56 heavy (non-hydrogen) atoms. The monoisotopic (exact) mass is 790 g/mol. The van der Waals surface area contributed by atoms with E-state index in [2.05, 4.69) is 6.92 Å². The molecule has 7 aliphatic rings. The fourth-order valence-corrected chi connectivity index (χ4v) is 9.06. The maximum Gasteiger partial charge on any atom is 0.310 e. The molecule has 4 heterocycles. The van der Waals surface area contributed by atoms with E-state index in [4.69, 9.17) is 42.6 Å². The minimum Gasteiger partial charge on any atom is -0.466 e. The van der Waals surface area contributed by atoms with Crippen LogP contribution in [-0.4, -0.2) is 112 Å². The van der Waals surface area contributed by atoms with E-state index in [9.17, 15) is 24.0 Å². The van der Waals surface area contributed by atoms with Gasteiger partial charge in [-0.3, -0.25) is 24.0 Å². The first-order valence-electron chi connectivity index (χ1n) is 21.6. The minimum absolute atomic E-state index is 0.0804. The summed E-state index contributed by atoms with van der Waals surface area (Å²) in [5.74, 6) is -5.01. The molecule has 7 fully saturated rings. The van der Waals surface area contributed by atoms with Crippen molar-refractivity contribution in [1.82, 2.24) is 0 Å². The smallest absolute Gasteiger partial charge is 0.310 e. The first kappa shape index (κ1) is 41.4. The van der Waals surface area contributed by atoms with Crippen molar-refractivity contribution in [3.05, 3.63) is 0 Å². The van der Waals surface area contributed by atoms with Crippen LogP contribution in [0.4, 0.5) is 0 Å². The normalized spacial score (nSPS) is 34.3. The van der Waals surface area contributed by atoms with Crippen molar-refractivity contribution < 1.29 is 66.6 Å². The lowest BCUT2D eigenvalue weighted by Gasteiger charge is -2.25. The summed E-state index contributed by atoms with van der Waals surface area (Å²) in [6, 6.07) is 0. The Morgan fingerprint density at radius 2 is 1.00 bits per heavy atom. The fraction of sp³-hybridized carbons (Fsp3) is 0.881. The van der Waals surface area contributed by atoms with Gasteiger partial charge < -0.3 is 42.6 Å². The van der Waals surface area contributed by atoms with Gasteiger partial charge in [0.1, 0.15) is 0 Å². The Morgan fingerprint density at radius 1 is 0.500 bits per heavy atom. The summed E-state index contributed by atoms with van der Waals surface area (Å²) >= 11 is 0. The predicted octanol–water partition coefficient (Wildman–Crippen LogP) is 4.94. The molecule has 0 amide bonds. The Bertz CT molecular complexity index is 1370. The molecule has 0 N–H and O–H groups in total. The third-order valence-electron chi connectivity index (χ3n) is 12.9. The molecule has 0 radical (unpaired) electrons. The van der Waals surface area contributed by atoms with Crippen molar-refractivity contribution >= 4 is 29.8 Å². The molecular formula is C42H62O14. The van der Waals surface area contributed by atoms with Crippen molar-refractivity contribution in [3.63, 3.8) is 0 Å². The van der Waals surface area contributed by atoms with Gasteiger partial charge in [-0.15, -0.1) is 0 Å². The van der Waals surface area contributed by atoms with E-state index in [1.54, 1.807) is 0 Å². The second kappa shape index (κ2) is 19.8. The molecule has 0 aromatic heterocycles. The summed E-state index contributed by atoms with van der Waals surface area (Å²) in [4.78, 5) is 66.4. The fourth-order valence-electron chi connectivity index (χ4n) is 9.06. The van der Waals surface area contributed by atoms with Crippen LogP contribution in [0.25, 0.3) is 0 Å². The zero-order chi connectivity index (χ0) is 39.0. The lowest BCUT2D eigenvalue weighted by atomic mass is 9.86. The maximum atomic E-state index is 13.8. The molecule has 3 aliphatic carbocycles. The first-order valence-corrected chi connectivity index (χ1v) is 21.6. The standard InChI is InChI=1S/C42H62O14/c1-2-30-31(53-30)7-6-16-49-41(46)28(21-40(45)51-23-26-10-13-33-36(18-26)55-33)29(42(47)52-24-27-11-14-34-37(19-27)56-34)20-39(44)48-15-5-3-4-8-38(43)50-22-25-9-12-32-35(17-25)54-32/h25-37H,2-24H2,1H3. The molecule has 4 aliphatic heterocycles. The highest BCUT2D eigenvalue weighted by Crippen LogP contribution is 2.41. The van der Waals surface area contributed by atoms with E-state index in [0.29, 0.717) is 62.6 Å². The van der Waals surface area contributed by atoms with Crippen LogP contribution in [0.2, 0.25) is 0 Å². The van der Waals surface area contributed by atoms with Gasteiger partial charge in [-0.25, -0.2) is 0 Å². The summed E-state index contributed by atoms with van der Waals surface area (Å²) in [5.41, 5.74) is 0. The molecule has 13 unspecified atom stereocenters. The zero-order valence-corrected chi connectivity index (χ0v) is 33.0. The summed E-state index contributed by atoms with van der Waals surface area (Å²) < 4.78 is 50.5. The Labute approximate surface area is 329 Å². The van der Waals surface area contributed by atoms with Crippen LogP contribution in [0.1, 0.15) is 122 Å². The molecule has 0 spiro atoms. The van der Waals surface area contributed by atoms with Gasteiger partial charge in [0.25, 0.3) is 0 Å². The molecule has 0 aromatic rings. The third kappa shape index (κ3) is 12.6. The summed E-state index contributed by atoms with van der Waals surface area (Å²) in [5, 5.41) is 0. The number of esters is 5. The quantitative estimate of drug-likeness (QED) is 0.0555. The largest absolute Gasteiger partial charge is 0.466 e. The maximum absolute atomic E-state index is 13.8. The lowest BCUT2D eigenvalue weighted by molar-refractivity contribution is -0.168. The number of ether oxygens (including phenoxy) is 9. The Hall–Kier alpha value is -2.81. The third-order valence-corrected chi connectivity index (χ3v) is 12.9. The number of hydrogen-bond acceptors (Lipinski definition) is 14. The number of epoxide rings is 4. The molecule has 314 valence electrons. The van der Waals surface area contributed by atoms with Gasteiger partial charge in [0.15, 0.2) is 0 Å². The Kier molecular flexibility index (Phi) is 14.6. The van der Waals surface area contributed by atoms with Crippen LogP contribution in [0, 0.1) is 29.6 Å². The SMILES string of the molecule is CCC1OC1CCCOC(=O)C(CC(=O)OCC1CCC2OC2C1)C(CC(=O)OCCCCCC(=O)OCC1CCC2OC2C1)C(=O)OCC1CCC2OC2C1. The van der Waals surface area contributed by atoms with Gasteiger partial charge in [0.05, 0.1) is 107 Å². The Balaban J connectivity index is 0.895. The van der Waals surface area contributed by atoms with Crippen LogP contribution >= 0.6 is 0 Å². The van der Waals surface area contributed by atoms with Crippen molar-refractivity contribution in [2.75, 3.05) is 33.0 Å². The number of rotatable bonds is 24. The van der Waals surface area contributed by atoms with Crippen molar-refractivity contribution in [3.8, 4) is 0 Å². The van der Waals surface area contributed by atoms with Gasteiger partial charge in [0, 0.05) is 6.42 Å². The summed E-state index contributed by atoms with van der Waals surface area (Å²) in [6.07, 6.45) is 13.7. The second-order valence-corrected chi connectivity index (χ2v) is 17.3. The van der Waals surface area contributed by atoms with Gasteiger partial charge in [-0.1, -0.05) is 6.92 Å². The van der Waals surface area contributed by atoms with Gasteiger partial charge >= 0.3 is 29.8 Å². The average molecular weight is 791 g/mol. The number of unbranched alkanes of at least 4 members (excludes halogenated alkanes) is 2. The average Bonchev–Trinajstić information content (AvgIpc) is 4.01. The number of hydrogen-bond donors (Lipinski definition) is 0. The van der Waals surface area contributed by atoms with Gasteiger partial charge in [-0.2, -0.15) is 0 Å². The highest BCUT2D eigenvalue weighted by Gasteiger charge is 2.47. The molecule has 4 saturated heterocycles. The highest BCUT2D eigenvalue weighted by atomic mass is 16.6. The summed E-state index contributed by atoms with van der Waals surface area (Å²) in [7, 11) is 0. The van der Waals surface area contributed by atoms with E-state index >= 15 is 0 Å². The van der Waals surface area contributed by atoms with Gasteiger partial charge in [-0.05, 0) is 114 Å². The van der Waals surface area contributed by atoms with E-state index in [0.717, 1.165) is 70.6 Å². The van der Waals surface area contributed by atoms with E-state index in [1.165, 1.54) is 0 Å². The summed E-state index contributed by atoms with van der Waals surface area (Å²) in [6.45, 7) is 2.99. The van der Waals surface area contributed by atoms with E-state index in [-0.39, 0.29) is 75.1 Å². The minimum atomic E-state index is -1.31. The number of carbonyl (C=O) groups is 5. The van der Waals surface area contributed by atoms with Crippen LogP contribution in [0.3, 0.4) is 0 Å². The zero-order valence-electron chi connectivity index (χ0n) is 33.0. The van der Waals surface area contributed by atoms with Crippen LogP contribution in [-0.2, 0) is 66.6 Å². The van der Waals surface area contributed by atoms with Crippen molar-refractivity contribution in [2.45, 2.75) is 171 Å². The topological polar surface area (TPSA) is 182 Å². The van der Waals surface area contributed by atoms with Gasteiger partial charge in [0.2, 0.25) is 0 Å². The molecule has 7 rings (SSSR count). The van der Waals surface area contributed by atoms with Crippen LogP contribution in [0.5, 0.6) is 0 Å². The molecule has 0 aromatic carbocycles.